The topological polar surface area (TPSA) is 47.1 Å². The quantitative estimate of drug-likeness (QED) is 0.897. The number of hydrogen-bond donors (Lipinski definition) is 1. The molecule has 0 bridgehead atoms. The first-order valence-electron chi connectivity index (χ1n) is 6.34. The average Bonchev–Trinajstić information content (AvgIpc) is 2.84. The minimum Gasteiger partial charge on any atom is -0.370 e. The second-order valence-electron chi connectivity index (χ2n) is 4.57. The van der Waals surface area contributed by atoms with Gasteiger partial charge in [-0.15, -0.1) is 0 Å². The van der Waals surface area contributed by atoms with E-state index >= 15 is 0 Å². The lowest BCUT2D eigenvalue weighted by molar-refractivity contribution is 0.626. The molecule has 2 aromatic rings. The molecule has 2 rings (SSSR count). The number of aryl methyl sites for hydroxylation is 1. The Kier molecular flexibility index (Phi) is 4.16. The van der Waals surface area contributed by atoms with Gasteiger partial charge in [-0.25, -0.2) is 4.39 Å². The van der Waals surface area contributed by atoms with Crippen molar-refractivity contribution in [3.05, 3.63) is 48.0 Å². The number of anilines is 1. The smallest absolute Gasteiger partial charge is 0.123 e. The Bertz CT molecular complexity index is 520. The van der Waals surface area contributed by atoms with Gasteiger partial charge < -0.3 is 10.6 Å². The predicted octanol–water partition coefficient (Wildman–Crippen LogP) is 2.09. The third-order valence-electron chi connectivity index (χ3n) is 3.14. The molecule has 1 heterocycles. The van der Waals surface area contributed by atoms with Crippen molar-refractivity contribution in [2.24, 2.45) is 12.8 Å². The Hall–Kier alpha value is -1.88. The summed E-state index contributed by atoms with van der Waals surface area (Å²) in [5.74, 6) is -0.226. The molecule has 0 aliphatic rings. The number of nitrogens with zero attached hydrogens (tertiary/aromatic N) is 3. The minimum absolute atomic E-state index is 0.112. The first kappa shape index (κ1) is 13.5. The fourth-order valence-corrected chi connectivity index (χ4v) is 2.04. The van der Waals surface area contributed by atoms with Gasteiger partial charge in [0.15, 0.2) is 0 Å². The first-order valence-corrected chi connectivity index (χ1v) is 6.34. The van der Waals surface area contributed by atoms with Crippen LogP contribution >= 0.6 is 0 Å². The molecule has 19 heavy (non-hydrogen) atoms. The maximum atomic E-state index is 12.9. The van der Waals surface area contributed by atoms with Gasteiger partial charge in [0.25, 0.3) is 0 Å². The molecule has 1 atom stereocenters. The summed E-state index contributed by atoms with van der Waals surface area (Å²) in [7, 11) is 1.87. The zero-order valence-electron chi connectivity index (χ0n) is 11.3. The zero-order chi connectivity index (χ0) is 13.8. The number of nitrogens with two attached hydrogens (primary N) is 1. The lowest BCUT2D eigenvalue weighted by Gasteiger charge is -2.26. The summed E-state index contributed by atoms with van der Waals surface area (Å²) in [6, 6.07) is 6.36. The third kappa shape index (κ3) is 3.32. The van der Waals surface area contributed by atoms with Crippen molar-refractivity contribution >= 4 is 5.69 Å². The van der Waals surface area contributed by atoms with E-state index in [2.05, 4.69) is 16.9 Å². The van der Waals surface area contributed by atoms with Crippen LogP contribution in [0.4, 0.5) is 10.1 Å². The maximum absolute atomic E-state index is 12.9. The molecule has 5 heteroatoms. The van der Waals surface area contributed by atoms with Gasteiger partial charge in [0, 0.05) is 37.6 Å². The SMILES string of the molecule is CCN(CC(N)c1cnn(C)c1)c1ccc(F)cc1. The van der Waals surface area contributed by atoms with Crippen molar-refractivity contribution in [1.29, 1.82) is 0 Å². The van der Waals surface area contributed by atoms with Crippen LogP contribution in [0.3, 0.4) is 0 Å². The van der Waals surface area contributed by atoms with Crippen LogP contribution in [0.15, 0.2) is 36.7 Å². The van der Waals surface area contributed by atoms with Crippen LogP contribution in [0, 0.1) is 5.82 Å². The zero-order valence-corrected chi connectivity index (χ0v) is 11.3. The fourth-order valence-electron chi connectivity index (χ4n) is 2.04. The highest BCUT2D eigenvalue weighted by atomic mass is 19.1. The molecular weight excluding hydrogens is 243 g/mol. The molecule has 0 amide bonds. The molecule has 0 aliphatic carbocycles. The van der Waals surface area contributed by atoms with E-state index in [-0.39, 0.29) is 11.9 Å². The molecule has 1 aromatic heterocycles. The number of rotatable bonds is 5. The number of aromatic nitrogens is 2. The number of hydrogen-bond acceptors (Lipinski definition) is 3. The number of halogens is 1. The summed E-state index contributed by atoms with van der Waals surface area (Å²) < 4.78 is 14.7. The Balaban J connectivity index is 2.08. The van der Waals surface area contributed by atoms with Gasteiger partial charge >= 0.3 is 0 Å². The Labute approximate surface area is 112 Å². The molecule has 1 aromatic carbocycles. The highest BCUT2D eigenvalue weighted by Gasteiger charge is 2.13. The fraction of sp³-hybridized carbons (Fsp3) is 0.357. The first-order chi connectivity index (χ1) is 9.10. The van der Waals surface area contributed by atoms with Crippen LogP contribution in [-0.4, -0.2) is 22.9 Å². The standard InChI is InChI=1S/C14H19FN4/c1-3-19(13-6-4-12(15)5-7-13)10-14(16)11-8-17-18(2)9-11/h4-9,14H,3,10,16H2,1-2H3. The second-order valence-corrected chi connectivity index (χ2v) is 4.57. The van der Waals surface area contributed by atoms with Crippen molar-refractivity contribution < 1.29 is 4.39 Å². The van der Waals surface area contributed by atoms with E-state index in [4.69, 9.17) is 5.73 Å². The Morgan fingerprint density at radius 2 is 2.05 bits per heavy atom. The van der Waals surface area contributed by atoms with E-state index in [1.807, 2.05) is 13.2 Å². The minimum atomic E-state index is -0.226. The van der Waals surface area contributed by atoms with Crippen molar-refractivity contribution in [1.82, 2.24) is 9.78 Å². The van der Waals surface area contributed by atoms with Crippen molar-refractivity contribution in [3.63, 3.8) is 0 Å². The average molecular weight is 262 g/mol. The summed E-state index contributed by atoms with van der Waals surface area (Å²) in [5.41, 5.74) is 8.16. The van der Waals surface area contributed by atoms with Gasteiger partial charge in [0.05, 0.1) is 12.2 Å². The highest BCUT2D eigenvalue weighted by Crippen LogP contribution is 2.18. The van der Waals surface area contributed by atoms with Crippen LogP contribution < -0.4 is 10.6 Å². The maximum Gasteiger partial charge on any atom is 0.123 e. The summed E-state index contributed by atoms with van der Waals surface area (Å²) in [6.45, 7) is 3.55. The van der Waals surface area contributed by atoms with Crippen molar-refractivity contribution in [3.8, 4) is 0 Å². The van der Waals surface area contributed by atoms with Crippen molar-refractivity contribution in [2.75, 3.05) is 18.0 Å². The molecular formula is C14H19FN4. The second kappa shape index (κ2) is 5.84. The molecule has 102 valence electrons. The van der Waals surface area contributed by atoms with E-state index in [0.717, 1.165) is 17.8 Å². The number of benzene rings is 1. The largest absolute Gasteiger partial charge is 0.370 e. The lowest BCUT2D eigenvalue weighted by Crippen LogP contribution is -2.32. The van der Waals surface area contributed by atoms with E-state index in [1.165, 1.54) is 12.1 Å². The summed E-state index contributed by atoms with van der Waals surface area (Å²) in [6.07, 6.45) is 3.70. The van der Waals surface area contributed by atoms with Crippen LogP contribution in [-0.2, 0) is 7.05 Å². The Morgan fingerprint density at radius 1 is 1.37 bits per heavy atom. The van der Waals surface area contributed by atoms with E-state index in [0.29, 0.717) is 6.54 Å². The van der Waals surface area contributed by atoms with Crippen molar-refractivity contribution in [2.45, 2.75) is 13.0 Å². The number of likely N-dealkylation sites (N-methyl/N-ethyl adjacent to an activating group) is 1. The van der Waals surface area contributed by atoms with Crippen LogP contribution in [0.1, 0.15) is 18.5 Å². The van der Waals surface area contributed by atoms with E-state index in [9.17, 15) is 4.39 Å². The third-order valence-corrected chi connectivity index (χ3v) is 3.14. The lowest BCUT2D eigenvalue weighted by atomic mass is 10.1. The van der Waals surface area contributed by atoms with Gasteiger partial charge in [0.1, 0.15) is 5.82 Å². The summed E-state index contributed by atoms with van der Waals surface area (Å²) in [4.78, 5) is 2.12. The Morgan fingerprint density at radius 3 is 2.58 bits per heavy atom. The van der Waals surface area contributed by atoms with Crippen LogP contribution in [0.5, 0.6) is 0 Å². The summed E-state index contributed by atoms with van der Waals surface area (Å²) >= 11 is 0. The van der Waals surface area contributed by atoms with Gasteiger partial charge in [-0.2, -0.15) is 5.10 Å². The molecule has 0 fully saturated rings. The highest BCUT2D eigenvalue weighted by molar-refractivity contribution is 5.46. The molecule has 0 radical (unpaired) electrons. The normalized spacial score (nSPS) is 12.4. The molecule has 4 nitrogen and oxygen atoms in total. The monoisotopic (exact) mass is 262 g/mol. The summed E-state index contributed by atoms with van der Waals surface area (Å²) in [5, 5.41) is 4.12. The van der Waals surface area contributed by atoms with Crippen LogP contribution in [0.2, 0.25) is 0 Å². The molecule has 0 aliphatic heterocycles. The van der Waals surface area contributed by atoms with Gasteiger partial charge in [-0.05, 0) is 31.2 Å². The molecule has 1 unspecified atom stereocenters. The van der Waals surface area contributed by atoms with Gasteiger partial charge in [-0.3, -0.25) is 4.68 Å². The van der Waals surface area contributed by atoms with E-state index < -0.39 is 0 Å². The predicted molar refractivity (Wildman–Crippen MR) is 74.4 cm³/mol. The van der Waals surface area contributed by atoms with Gasteiger partial charge in [-0.1, -0.05) is 0 Å². The van der Waals surface area contributed by atoms with E-state index in [1.54, 1.807) is 23.0 Å². The molecule has 0 spiro atoms. The van der Waals surface area contributed by atoms with Crippen LogP contribution in [0.25, 0.3) is 0 Å². The van der Waals surface area contributed by atoms with Gasteiger partial charge in [0.2, 0.25) is 0 Å². The molecule has 2 N–H and O–H groups in total. The molecule has 0 saturated carbocycles. The molecule has 0 saturated heterocycles.